The Morgan fingerprint density at radius 1 is 1.50 bits per heavy atom. The molecule has 0 aromatic carbocycles. The zero-order chi connectivity index (χ0) is 7.56. The van der Waals surface area contributed by atoms with Gasteiger partial charge in [-0.15, -0.1) is 0 Å². The van der Waals surface area contributed by atoms with Crippen LogP contribution in [0.2, 0.25) is 0 Å². The number of nitrogens with zero attached hydrogens (tertiary/aromatic N) is 1. The summed E-state index contributed by atoms with van der Waals surface area (Å²) in [5.41, 5.74) is 1.43. The van der Waals surface area contributed by atoms with E-state index >= 15 is 0 Å². The third-order valence-electron chi connectivity index (χ3n) is 1.79. The molecule has 10 heavy (non-hydrogen) atoms. The second-order valence-corrected chi connectivity index (χ2v) is 3.02. The van der Waals surface area contributed by atoms with E-state index in [0.29, 0.717) is 5.92 Å². The Morgan fingerprint density at radius 3 is 2.60 bits per heavy atom. The summed E-state index contributed by atoms with van der Waals surface area (Å²) in [5, 5.41) is 0. The summed E-state index contributed by atoms with van der Waals surface area (Å²) < 4.78 is 0. The fourth-order valence-corrected chi connectivity index (χ4v) is 1.28. The van der Waals surface area contributed by atoms with Gasteiger partial charge in [0.25, 0.3) is 0 Å². The molecule has 56 valence electrons. The van der Waals surface area contributed by atoms with Crippen molar-refractivity contribution >= 4 is 0 Å². The van der Waals surface area contributed by atoms with Crippen molar-refractivity contribution in [2.75, 3.05) is 7.05 Å². The lowest BCUT2D eigenvalue weighted by atomic mass is 10.1. The van der Waals surface area contributed by atoms with Gasteiger partial charge in [-0.3, -0.25) is 0 Å². The largest absolute Gasteiger partial charge is 0.355 e. The average molecular weight is 137 g/mol. The number of rotatable bonds is 1. The fourth-order valence-electron chi connectivity index (χ4n) is 1.28. The van der Waals surface area contributed by atoms with Crippen LogP contribution in [0, 0.1) is 5.92 Å². The van der Waals surface area contributed by atoms with Crippen molar-refractivity contribution in [2.45, 2.75) is 20.3 Å². The monoisotopic (exact) mass is 137 g/mol. The van der Waals surface area contributed by atoms with Crippen molar-refractivity contribution in [1.29, 1.82) is 0 Å². The number of hydrogen-bond donors (Lipinski definition) is 0. The summed E-state index contributed by atoms with van der Waals surface area (Å²) in [5.74, 6) is 0.648. The van der Waals surface area contributed by atoms with Crippen molar-refractivity contribution in [3.8, 4) is 0 Å². The van der Waals surface area contributed by atoms with Gasteiger partial charge in [-0.1, -0.05) is 26.0 Å². The second-order valence-electron chi connectivity index (χ2n) is 3.02. The smallest absolute Gasteiger partial charge is 0.0159 e. The Hall–Kier alpha value is -0.720. The van der Waals surface area contributed by atoms with Crippen LogP contribution in [-0.2, 0) is 0 Å². The van der Waals surface area contributed by atoms with Crippen LogP contribution in [0.4, 0.5) is 0 Å². The van der Waals surface area contributed by atoms with E-state index in [-0.39, 0.29) is 0 Å². The Kier molecular flexibility index (Phi) is 2.15. The summed E-state index contributed by atoms with van der Waals surface area (Å²) in [6.07, 6.45) is 7.68. The molecule has 1 aliphatic heterocycles. The molecule has 0 saturated heterocycles. The lowest BCUT2D eigenvalue weighted by Crippen LogP contribution is -2.16. The third kappa shape index (κ3) is 1.41. The predicted octanol–water partition coefficient (Wildman–Crippen LogP) is 2.38. The van der Waals surface area contributed by atoms with Gasteiger partial charge in [0.1, 0.15) is 0 Å². The first-order chi connectivity index (χ1) is 4.72. The number of allylic oxidation sites excluding steroid dienone is 3. The van der Waals surface area contributed by atoms with Crippen molar-refractivity contribution in [1.82, 2.24) is 4.90 Å². The highest BCUT2D eigenvalue weighted by Crippen LogP contribution is 2.17. The highest BCUT2D eigenvalue weighted by Gasteiger charge is 2.07. The van der Waals surface area contributed by atoms with Crippen LogP contribution >= 0.6 is 0 Å². The summed E-state index contributed by atoms with van der Waals surface area (Å²) >= 11 is 0. The van der Waals surface area contributed by atoms with E-state index in [0.717, 1.165) is 6.42 Å². The first kappa shape index (κ1) is 7.39. The molecule has 0 N–H and O–H groups in total. The van der Waals surface area contributed by atoms with Gasteiger partial charge in [0.15, 0.2) is 0 Å². The van der Waals surface area contributed by atoms with Crippen LogP contribution in [0.1, 0.15) is 20.3 Å². The van der Waals surface area contributed by atoms with Crippen molar-refractivity contribution in [3.05, 3.63) is 24.0 Å². The van der Waals surface area contributed by atoms with E-state index in [4.69, 9.17) is 0 Å². The van der Waals surface area contributed by atoms with Crippen LogP contribution in [0.25, 0.3) is 0 Å². The standard InChI is InChI=1S/C9H15N/c1-8(2)9-6-4-5-7-10(9)3/h5-8H,4H2,1-3H3. The molecule has 0 spiro atoms. The van der Waals surface area contributed by atoms with Crippen LogP contribution in [0.15, 0.2) is 24.0 Å². The van der Waals surface area contributed by atoms with Crippen molar-refractivity contribution < 1.29 is 0 Å². The topological polar surface area (TPSA) is 3.24 Å². The molecule has 1 aliphatic rings. The fraction of sp³-hybridized carbons (Fsp3) is 0.556. The van der Waals surface area contributed by atoms with Gasteiger partial charge in [-0.2, -0.15) is 0 Å². The average Bonchev–Trinajstić information content (AvgIpc) is 1.88. The minimum absolute atomic E-state index is 0.648. The Balaban J connectivity index is 2.66. The Labute approximate surface area is 63.0 Å². The molecule has 0 aromatic rings. The predicted molar refractivity (Wildman–Crippen MR) is 44.4 cm³/mol. The van der Waals surface area contributed by atoms with E-state index in [2.05, 4.69) is 44.1 Å². The molecule has 0 bridgehead atoms. The summed E-state index contributed by atoms with van der Waals surface area (Å²) in [7, 11) is 2.10. The van der Waals surface area contributed by atoms with E-state index < -0.39 is 0 Å². The molecular weight excluding hydrogens is 122 g/mol. The van der Waals surface area contributed by atoms with E-state index in [1.54, 1.807) is 0 Å². The Morgan fingerprint density at radius 2 is 2.20 bits per heavy atom. The maximum Gasteiger partial charge on any atom is 0.0159 e. The lowest BCUT2D eigenvalue weighted by Gasteiger charge is -2.24. The molecule has 0 fully saturated rings. The third-order valence-corrected chi connectivity index (χ3v) is 1.79. The summed E-state index contributed by atoms with van der Waals surface area (Å²) in [6, 6.07) is 0. The van der Waals surface area contributed by atoms with Crippen LogP contribution in [0.5, 0.6) is 0 Å². The normalized spacial score (nSPS) is 18.0. The van der Waals surface area contributed by atoms with Crippen LogP contribution in [-0.4, -0.2) is 11.9 Å². The molecule has 0 radical (unpaired) electrons. The second kappa shape index (κ2) is 2.91. The molecule has 1 nitrogen and oxygen atoms in total. The Bertz CT molecular complexity index is 166. The molecule has 1 heteroatoms. The van der Waals surface area contributed by atoms with Crippen molar-refractivity contribution in [2.24, 2.45) is 5.92 Å². The van der Waals surface area contributed by atoms with E-state index in [9.17, 15) is 0 Å². The molecule has 0 aromatic heterocycles. The first-order valence-corrected chi connectivity index (χ1v) is 3.81. The summed E-state index contributed by atoms with van der Waals surface area (Å²) in [4.78, 5) is 2.19. The molecular formula is C9H15N. The van der Waals surface area contributed by atoms with E-state index in [1.165, 1.54) is 5.70 Å². The van der Waals surface area contributed by atoms with Gasteiger partial charge >= 0.3 is 0 Å². The minimum atomic E-state index is 0.648. The van der Waals surface area contributed by atoms with Gasteiger partial charge in [-0.05, 0) is 18.5 Å². The highest BCUT2D eigenvalue weighted by atomic mass is 15.1. The zero-order valence-corrected chi connectivity index (χ0v) is 6.96. The summed E-state index contributed by atoms with van der Waals surface area (Å²) in [6.45, 7) is 4.45. The molecule has 1 heterocycles. The van der Waals surface area contributed by atoms with Crippen LogP contribution < -0.4 is 0 Å². The van der Waals surface area contributed by atoms with Gasteiger partial charge in [0.05, 0.1) is 0 Å². The molecule has 0 atom stereocenters. The minimum Gasteiger partial charge on any atom is -0.355 e. The first-order valence-electron chi connectivity index (χ1n) is 3.81. The molecule has 0 unspecified atom stereocenters. The molecule has 0 saturated carbocycles. The maximum absolute atomic E-state index is 2.28. The highest BCUT2D eigenvalue weighted by molar-refractivity contribution is 5.13. The molecule has 1 rings (SSSR count). The van der Waals surface area contributed by atoms with Gasteiger partial charge in [0.2, 0.25) is 0 Å². The lowest BCUT2D eigenvalue weighted by molar-refractivity contribution is 0.477. The maximum atomic E-state index is 2.28. The van der Waals surface area contributed by atoms with Crippen molar-refractivity contribution in [3.63, 3.8) is 0 Å². The quantitative estimate of drug-likeness (QED) is 0.536. The molecule has 0 amide bonds. The zero-order valence-electron chi connectivity index (χ0n) is 6.96. The van der Waals surface area contributed by atoms with Gasteiger partial charge in [0, 0.05) is 12.7 Å². The molecule has 0 aliphatic carbocycles. The van der Waals surface area contributed by atoms with E-state index in [1.807, 2.05) is 0 Å². The van der Waals surface area contributed by atoms with Gasteiger partial charge in [-0.25, -0.2) is 0 Å². The number of hydrogen-bond acceptors (Lipinski definition) is 1. The SMILES string of the molecule is CC(C)C1=CCC=CN1C. The van der Waals surface area contributed by atoms with Crippen LogP contribution in [0.3, 0.4) is 0 Å². The van der Waals surface area contributed by atoms with Gasteiger partial charge < -0.3 is 4.90 Å².